The summed E-state index contributed by atoms with van der Waals surface area (Å²) in [7, 11) is 1.89. The minimum Gasteiger partial charge on any atom is -0.351 e. The van der Waals surface area contributed by atoms with Crippen molar-refractivity contribution in [1.29, 1.82) is 0 Å². The lowest BCUT2D eigenvalue weighted by Gasteiger charge is -2.01. The van der Waals surface area contributed by atoms with Crippen LogP contribution in [-0.4, -0.2) is 39.0 Å². The number of aryl methyl sites for hydroxylation is 2. The molecule has 2 aromatic rings. The van der Waals surface area contributed by atoms with Gasteiger partial charge in [-0.1, -0.05) is 0 Å². The first kappa shape index (κ1) is 18.2. The fraction of sp³-hybridized carbons (Fsp3) is 0.500. The Balaban J connectivity index is 0.00000242. The monoisotopic (exact) mass is 326 g/mol. The van der Waals surface area contributed by atoms with Crippen molar-refractivity contribution in [1.82, 2.24) is 25.3 Å². The van der Waals surface area contributed by atoms with Crippen LogP contribution in [-0.2, 0) is 7.05 Å². The van der Waals surface area contributed by atoms with E-state index in [9.17, 15) is 4.79 Å². The number of hydrogen-bond donors (Lipinski definition) is 3. The Kier molecular flexibility index (Phi) is 6.58. The number of aromatic nitrogens is 4. The molecule has 0 aliphatic carbocycles. The van der Waals surface area contributed by atoms with Crippen LogP contribution in [0.3, 0.4) is 0 Å². The van der Waals surface area contributed by atoms with Gasteiger partial charge in [0.05, 0.1) is 11.4 Å². The topological polar surface area (TPSA) is 102 Å². The quantitative estimate of drug-likeness (QED) is 0.697. The fourth-order valence-corrected chi connectivity index (χ4v) is 2.28. The summed E-state index contributed by atoms with van der Waals surface area (Å²) in [5.41, 5.74) is 9.51. The van der Waals surface area contributed by atoms with Gasteiger partial charge in [0.1, 0.15) is 5.69 Å². The number of nitrogens with zero attached hydrogens (tertiary/aromatic N) is 3. The average molecular weight is 327 g/mol. The van der Waals surface area contributed by atoms with Crippen LogP contribution >= 0.6 is 12.4 Å². The van der Waals surface area contributed by atoms with Gasteiger partial charge in [0.15, 0.2) is 0 Å². The molecule has 0 atom stereocenters. The summed E-state index contributed by atoms with van der Waals surface area (Å²) in [5, 5.41) is 14.2. The molecule has 7 nitrogen and oxygen atoms in total. The zero-order valence-electron chi connectivity index (χ0n) is 13.1. The van der Waals surface area contributed by atoms with Crippen molar-refractivity contribution < 1.29 is 4.79 Å². The molecule has 0 radical (unpaired) electrons. The smallest absolute Gasteiger partial charge is 0.269 e. The molecule has 0 saturated carbocycles. The van der Waals surface area contributed by atoms with E-state index in [1.807, 2.05) is 25.6 Å². The van der Waals surface area contributed by atoms with Gasteiger partial charge in [-0.2, -0.15) is 10.2 Å². The second kappa shape index (κ2) is 7.95. The Bertz CT molecular complexity index is 633. The van der Waals surface area contributed by atoms with Crippen molar-refractivity contribution >= 4 is 18.3 Å². The molecule has 0 aromatic carbocycles. The van der Waals surface area contributed by atoms with Crippen molar-refractivity contribution in [2.45, 2.75) is 26.7 Å². The number of nitrogens with one attached hydrogen (secondary N) is 2. The Morgan fingerprint density at radius 3 is 2.73 bits per heavy atom. The third-order valence-corrected chi connectivity index (χ3v) is 3.50. The maximum atomic E-state index is 12.0. The molecular formula is C14H23ClN6O. The third kappa shape index (κ3) is 3.86. The zero-order chi connectivity index (χ0) is 15.4. The number of halogens is 1. The molecule has 2 rings (SSSR count). The van der Waals surface area contributed by atoms with E-state index >= 15 is 0 Å². The third-order valence-electron chi connectivity index (χ3n) is 3.50. The molecule has 2 heterocycles. The summed E-state index contributed by atoms with van der Waals surface area (Å²) >= 11 is 0. The lowest BCUT2D eigenvalue weighted by molar-refractivity contribution is 0.0948. The van der Waals surface area contributed by atoms with E-state index < -0.39 is 0 Å². The molecule has 2 aromatic heterocycles. The number of nitrogens with two attached hydrogens (primary N) is 1. The number of carbonyl (C=O) groups excluding carboxylic acids is 1. The molecule has 22 heavy (non-hydrogen) atoms. The van der Waals surface area contributed by atoms with Crippen LogP contribution in [0.5, 0.6) is 0 Å². The normalized spacial score (nSPS) is 10.4. The Hall–Kier alpha value is -1.86. The first-order chi connectivity index (χ1) is 10.0. The van der Waals surface area contributed by atoms with Crippen LogP contribution in [0.4, 0.5) is 0 Å². The molecule has 0 spiro atoms. The van der Waals surface area contributed by atoms with Crippen LogP contribution in [0.1, 0.15) is 34.7 Å². The highest BCUT2D eigenvalue weighted by atomic mass is 35.5. The summed E-state index contributed by atoms with van der Waals surface area (Å²) in [5.74, 6) is -0.148. The Morgan fingerprint density at radius 2 is 2.14 bits per heavy atom. The van der Waals surface area contributed by atoms with Crippen LogP contribution in [0.2, 0.25) is 0 Å². The van der Waals surface area contributed by atoms with Gasteiger partial charge in [-0.25, -0.2) is 0 Å². The highest BCUT2D eigenvalue weighted by Crippen LogP contribution is 2.25. The molecule has 0 fully saturated rings. The molecule has 0 aliphatic heterocycles. The van der Waals surface area contributed by atoms with E-state index in [0.717, 1.165) is 35.5 Å². The summed E-state index contributed by atoms with van der Waals surface area (Å²) < 4.78 is 1.81. The van der Waals surface area contributed by atoms with Crippen molar-refractivity contribution in [3.8, 4) is 11.3 Å². The molecule has 0 saturated heterocycles. The molecule has 8 heteroatoms. The number of rotatable bonds is 6. The van der Waals surface area contributed by atoms with Crippen LogP contribution in [0.25, 0.3) is 11.3 Å². The van der Waals surface area contributed by atoms with Crippen molar-refractivity contribution in [2.75, 3.05) is 13.1 Å². The fourth-order valence-electron chi connectivity index (χ4n) is 2.28. The lowest BCUT2D eigenvalue weighted by atomic mass is 10.1. The molecule has 1 amide bonds. The van der Waals surface area contributed by atoms with E-state index in [1.54, 1.807) is 6.07 Å². The largest absolute Gasteiger partial charge is 0.351 e. The van der Waals surface area contributed by atoms with E-state index in [1.165, 1.54) is 0 Å². The van der Waals surface area contributed by atoms with E-state index in [0.29, 0.717) is 18.8 Å². The minimum atomic E-state index is -0.148. The van der Waals surface area contributed by atoms with Gasteiger partial charge in [0.2, 0.25) is 0 Å². The van der Waals surface area contributed by atoms with E-state index in [2.05, 4.69) is 20.6 Å². The summed E-state index contributed by atoms with van der Waals surface area (Å²) in [6.07, 6.45) is 1.78. The van der Waals surface area contributed by atoms with Gasteiger partial charge in [-0.15, -0.1) is 12.4 Å². The van der Waals surface area contributed by atoms with Crippen LogP contribution < -0.4 is 11.1 Å². The van der Waals surface area contributed by atoms with Crippen molar-refractivity contribution in [2.24, 2.45) is 12.8 Å². The second-order valence-corrected chi connectivity index (χ2v) is 5.09. The Labute approximate surface area is 136 Å². The summed E-state index contributed by atoms with van der Waals surface area (Å²) in [6, 6.07) is 1.76. The zero-order valence-corrected chi connectivity index (χ0v) is 14.0. The first-order valence-corrected chi connectivity index (χ1v) is 7.08. The van der Waals surface area contributed by atoms with Gasteiger partial charge >= 0.3 is 0 Å². The first-order valence-electron chi connectivity index (χ1n) is 7.08. The number of amides is 1. The SMILES string of the molecule is Cc1nn(C)c(C)c1-c1cc(C(=O)NCCCCN)[nH]n1.Cl. The van der Waals surface area contributed by atoms with Crippen LogP contribution in [0.15, 0.2) is 6.07 Å². The number of carbonyl (C=O) groups is 1. The summed E-state index contributed by atoms with van der Waals surface area (Å²) in [6.45, 7) is 5.18. The highest BCUT2D eigenvalue weighted by Gasteiger charge is 2.16. The van der Waals surface area contributed by atoms with Gasteiger partial charge < -0.3 is 11.1 Å². The standard InChI is InChI=1S/C14H22N6O.ClH/c1-9-13(10(2)20(3)19-9)11-8-12(18-17-11)14(21)16-7-5-4-6-15;/h8H,4-7,15H2,1-3H3,(H,16,21)(H,17,18);1H. The second-order valence-electron chi connectivity index (χ2n) is 5.09. The molecule has 4 N–H and O–H groups in total. The number of hydrogen-bond acceptors (Lipinski definition) is 4. The predicted octanol–water partition coefficient (Wildman–Crippen LogP) is 1.32. The van der Waals surface area contributed by atoms with Gasteiger partial charge in [-0.05, 0) is 39.3 Å². The number of aromatic amines is 1. The molecular weight excluding hydrogens is 304 g/mol. The summed E-state index contributed by atoms with van der Waals surface area (Å²) in [4.78, 5) is 12.0. The minimum absolute atomic E-state index is 0. The van der Waals surface area contributed by atoms with Gasteiger partial charge in [-0.3, -0.25) is 14.6 Å². The van der Waals surface area contributed by atoms with E-state index in [4.69, 9.17) is 5.73 Å². The Morgan fingerprint density at radius 1 is 1.41 bits per heavy atom. The molecule has 0 unspecified atom stereocenters. The average Bonchev–Trinajstić information content (AvgIpc) is 3.01. The molecule has 0 bridgehead atoms. The van der Waals surface area contributed by atoms with Crippen molar-refractivity contribution in [3.63, 3.8) is 0 Å². The van der Waals surface area contributed by atoms with E-state index in [-0.39, 0.29) is 18.3 Å². The predicted molar refractivity (Wildman–Crippen MR) is 88.1 cm³/mol. The maximum absolute atomic E-state index is 12.0. The molecule has 122 valence electrons. The van der Waals surface area contributed by atoms with Crippen molar-refractivity contribution in [3.05, 3.63) is 23.1 Å². The number of unbranched alkanes of at least 4 members (excludes halogenated alkanes) is 1. The van der Waals surface area contributed by atoms with Crippen LogP contribution in [0, 0.1) is 13.8 Å². The highest BCUT2D eigenvalue weighted by molar-refractivity contribution is 5.93. The van der Waals surface area contributed by atoms with Gasteiger partial charge in [0, 0.05) is 24.8 Å². The lowest BCUT2D eigenvalue weighted by Crippen LogP contribution is -2.25. The maximum Gasteiger partial charge on any atom is 0.269 e. The molecule has 0 aliphatic rings. The number of H-pyrrole nitrogens is 1. The van der Waals surface area contributed by atoms with Gasteiger partial charge in [0.25, 0.3) is 5.91 Å².